The maximum absolute atomic E-state index is 12.6. The molecule has 160 valence electrons. The summed E-state index contributed by atoms with van der Waals surface area (Å²) in [6, 6.07) is 12.8. The van der Waals surface area contributed by atoms with E-state index in [1.54, 1.807) is 30.4 Å². The molecule has 0 amide bonds. The Kier molecular flexibility index (Phi) is 7.49. The number of ketones is 1. The molecule has 0 aliphatic heterocycles. The largest absolute Gasteiger partial charge is 0.489 e. The van der Waals surface area contributed by atoms with E-state index in [-0.39, 0.29) is 5.78 Å². The second-order valence-corrected chi connectivity index (χ2v) is 8.93. The van der Waals surface area contributed by atoms with E-state index in [1.807, 2.05) is 71.9 Å². The highest BCUT2D eigenvalue weighted by Gasteiger charge is 2.22. The number of benzene rings is 2. The van der Waals surface area contributed by atoms with Crippen molar-refractivity contribution < 1.29 is 19.0 Å². The maximum atomic E-state index is 12.6. The van der Waals surface area contributed by atoms with Crippen LogP contribution in [0.3, 0.4) is 0 Å². The first-order valence-electron chi connectivity index (χ1n) is 10.1. The van der Waals surface area contributed by atoms with Crippen molar-refractivity contribution in [1.29, 1.82) is 0 Å². The van der Waals surface area contributed by atoms with Crippen LogP contribution in [0.15, 0.2) is 61.2 Å². The first kappa shape index (κ1) is 23.3. The zero-order chi connectivity index (χ0) is 22.4. The number of carbonyl (C=O) groups is 1. The molecule has 0 saturated heterocycles. The van der Waals surface area contributed by atoms with Crippen LogP contribution >= 0.6 is 0 Å². The van der Waals surface area contributed by atoms with Gasteiger partial charge in [0.1, 0.15) is 35.1 Å². The van der Waals surface area contributed by atoms with Gasteiger partial charge in [0.25, 0.3) is 0 Å². The lowest BCUT2D eigenvalue weighted by Gasteiger charge is -2.27. The molecule has 0 bridgehead atoms. The van der Waals surface area contributed by atoms with Gasteiger partial charge in [0.2, 0.25) is 0 Å². The highest BCUT2D eigenvalue weighted by molar-refractivity contribution is 6.07. The molecule has 2 aromatic rings. The number of carbonyl (C=O) groups excluding carboxylic acids is 1. The zero-order valence-electron chi connectivity index (χ0n) is 18.8. The van der Waals surface area contributed by atoms with Crippen molar-refractivity contribution >= 4 is 11.9 Å². The minimum absolute atomic E-state index is 0.0917. The van der Waals surface area contributed by atoms with Crippen molar-refractivity contribution in [2.45, 2.75) is 52.7 Å². The number of rotatable bonds is 8. The quantitative estimate of drug-likeness (QED) is 0.284. The van der Waals surface area contributed by atoms with Gasteiger partial charge < -0.3 is 14.2 Å². The van der Waals surface area contributed by atoms with E-state index in [4.69, 9.17) is 14.2 Å². The molecule has 0 fully saturated rings. The number of ether oxygens (including phenoxy) is 3. The summed E-state index contributed by atoms with van der Waals surface area (Å²) in [5.41, 5.74) is 0.427. The molecule has 0 radical (unpaired) electrons. The molecule has 0 aromatic heterocycles. The minimum Gasteiger partial charge on any atom is -0.489 e. The van der Waals surface area contributed by atoms with Crippen LogP contribution in [0.25, 0.3) is 6.08 Å². The van der Waals surface area contributed by atoms with Gasteiger partial charge in [0.05, 0.1) is 5.56 Å². The monoisotopic (exact) mass is 408 g/mol. The minimum atomic E-state index is -0.442. The molecule has 0 unspecified atom stereocenters. The highest BCUT2D eigenvalue weighted by atomic mass is 16.5. The van der Waals surface area contributed by atoms with Crippen molar-refractivity contribution in [3.8, 4) is 17.2 Å². The van der Waals surface area contributed by atoms with Crippen LogP contribution in [0, 0.1) is 0 Å². The topological polar surface area (TPSA) is 44.8 Å². The first-order chi connectivity index (χ1) is 14.0. The third-order valence-electron chi connectivity index (χ3n) is 3.74. The Bertz CT molecular complexity index is 860. The Labute approximate surface area is 180 Å². The van der Waals surface area contributed by atoms with Crippen LogP contribution in [0.2, 0.25) is 0 Å². The first-order valence-corrected chi connectivity index (χ1v) is 10.1. The Morgan fingerprint density at radius 2 is 1.47 bits per heavy atom. The van der Waals surface area contributed by atoms with Gasteiger partial charge in [-0.25, -0.2) is 0 Å². The lowest BCUT2D eigenvalue weighted by Crippen LogP contribution is -2.25. The predicted molar refractivity (Wildman–Crippen MR) is 123 cm³/mol. The highest BCUT2D eigenvalue weighted by Crippen LogP contribution is 2.38. The fourth-order valence-electron chi connectivity index (χ4n) is 2.67. The molecule has 0 aliphatic carbocycles. The number of hydrogen-bond donors (Lipinski definition) is 0. The predicted octanol–water partition coefficient (Wildman–Crippen LogP) is 6.50. The molecule has 2 aromatic carbocycles. The summed E-state index contributed by atoms with van der Waals surface area (Å²) < 4.78 is 18.1. The summed E-state index contributed by atoms with van der Waals surface area (Å²) >= 11 is 0. The van der Waals surface area contributed by atoms with E-state index >= 15 is 0 Å². The Balaban J connectivity index is 2.55. The van der Waals surface area contributed by atoms with Gasteiger partial charge in [-0.3, -0.25) is 4.79 Å². The van der Waals surface area contributed by atoms with Crippen LogP contribution in [-0.4, -0.2) is 23.6 Å². The van der Waals surface area contributed by atoms with Gasteiger partial charge >= 0.3 is 0 Å². The van der Waals surface area contributed by atoms with Crippen molar-refractivity contribution in [2.24, 2.45) is 0 Å². The summed E-state index contributed by atoms with van der Waals surface area (Å²) in [6.45, 7) is 15.9. The summed E-state index contributed by atoms with van der Waals surface area (Å²) in [4.78, 5) is 12.6. The molecule has 0 saturated carbocycles. The summed E-state index contributed by atoms with van der Waals surface area (Å²) in [5, 5.41) is 0. The van der Waals surface area contributed by atoms with Crippen molar-refractivity contribution in [2.75, 3.05) is 6.61 Å². The van der Waals surface area contributed by atoms with E-state index in [0.29, 0.717) is 35.0 Å². The smallest absolute Gasteiger partial charge is 0.185 e. The van der Waals surface area contributed by atoms with Crippen LogP contribution in [0.5, 0.6) is 17.2 Å². The maximum Gasteiger partial charge on any atom is 0.185 e. The van der Waals surface area contributed by atoms with E-state index in [9.17, 15) is 4.79 Å². The second-order valence-electron chi connectivity index (χ2n) is 8.93. The number of hydrogen-bond acceptors (Lipinski definition) is 4. The third kappa shape index (κ3) is 7.43. The molecule has 0 N–H and O–H groups in total. The average Bonchev–Trinajstić information content (AvgIpc) is 2.63. The molecule has 0 aliphatic rings. The van der Waals surface area contributed by atoms with E-state index in [0.717, 1.165) is 0 Å². The molecular weight excluding hydrogens is 376 g/mol. The van der Waals surface area contributed by atoms with Crippen molar-refractivity contribution in [3.63, 3.8) is 0 Å². The third-order valence-corrected chi connectivity index (χ3v) is 3.74. The van der Waals surface area contributed by atoms with Crippen LogP contribution in [-0.2, 0) is 0 Å². The molecule has 0 heterocycles. The molecule has 30 heavy (non-hydrogen) atoms. The van der Waals surface area contributed by atoms with Crippen molar-refractivity contribution in [1.82, 2.24) is 0 Å². The fraction of sp³-hybridized carbons (Fsp3) is 0.346. The van der Waals surface area contributed by atoms with E-state index in [2.05, 4.69) is 6.58 Å². The Morgan fingerprint density at radius 1 is 0.933 bits per heavy atom. The van der Waals surface area contributed by atoms with Crippen LogP contribution < -0.4 is 14.2 Å². The SMILES string of the molecule is C=CCOc1cc(OC(C)(C)C)c(/C=C/C(=O)c2ccccc2)c(OC(C)(C)C)c1. The Hall–Kier alpha value is -3.01. The summed E-state index contributed by atoms with van der Waals surface area (Å²) in [6.07, 6.45) is 4.97. The van der Waals surface area contributed by atoms with Gasteiger partial charge in [0.15, 0.2) is 5.78 Å². The lowest BCUT2D eigenvalue weighted by atomic mass is 10.1. The Morgan fingerprint density at radius 3 is 1.93 bits per heavy atom. The van der Waals surface area contributed by atoms with E-state index in [1.165, 1.54) is 0 Å². The molecule has 4 heteroatoms. The van der Waals surface area contributed by atoms with Crippen LogP contribution in [0.4, 0.5) is 0 Å². The normalized spacial score (nSPS) is 11.9. The number of allylic oxidation sites excluding steroid dienone is 1. The van der Waals surface area contributed by atoms with Gasteiger partial charge in [0, 0.05) is 17.7 Å². The lowest BCUT2D eigenvalue weighted by molar-refractivity contribution is 0.104. The molecule has 0 spiro atoms. The fourth-order valence-corrected chi connectivity index (χ4v) is 2.67. The summed E-state index contributed by atoms with van der Waals surface area (Å²) in [5.74, 6) is 1.69. The molecule has 2 rings (SSSR count). The molecule has 0 atom stereocenters. The van der Waals surface area contributed by atoms with Gasteiger partial charge in [-0.15, -0.1) is 0 Å². The molecular formula is C26H32O4. The average molecular weight is 409 g/mol. The second kappa shape index (κ2) is 9.66. The van der Waals surface area contributed by atoms with E-state index < -0.39 is 11.2 Å². The summed E-state index contributed by atoms with van der Waals surface area (Å²) in [7, 11) is 0. The van der Waals surface area contributed by atoms with Gasteiger partial charge in [-0.1, -0.05) is 43.0 Å². The molecule has 4 nitrogen and oxygen atoms in total. The zero-order valence-corrected chi connectivity index (χ0v) is 18.8. The standard InChI is InChI=1S/C26H32O4/c1-8-16-28-20-17-23(29-25(2,3)4)21(24(18-20)30-26(5,6)7)14-15-22(27)19-12-10-9-11-13-19/h8-15,17-18H,1,16H2,2-7H3/b15-14+. The van der Waals surface area contributed by atoms with Crippen LogP contribution in [0.1, 0.15) is 57.5 Å². The van der Waals surface area contributed by atoms with Gasteiger partial charge in [-0.2, -0.15) is 0 Å². The van der Waals surface area contributed by atoms with Crippen molar-refractivity contribution in [3.05, 3.63) is 72.3 Å². The van der Waals surface area contributed by atoms with Gasteiger partial charge in [-0.05, 0) is 53.7 Å².